The Labute approximate surface area is 239 Å². The third kappa shape index (κ3) is 9.64. The summed E-state index contributed by atoms with van der Waals surface area (Å²) in [5.41, 5.74) is 6.33. The van der Waals surface area contributed by atoms with Gasteiger partial charge in [0, 0.05) is 17.8 Å². The van der Waals surface area contributed by atoms with Crippen molar-refractivity contribution in [3.63, 3.8) is 0 Å². The molecular formula is C30H37N7O4. The average Bonchev–Trinajstić information content (AvgIpc) is 2.96. The third-order valence-corrected chi connectivity index (χ3v) is 6.35. The van der Waals surface area contributed by atoms with E-state index in [4.69, 9.17) is 11.1 Å². The second kappa shape index (κ2) is 15.0. The summed E-state index contributed by atoms with van der Waals surface area (Å²) in [6, 6.07) is 20.0. The number of amides is 4. The molecule has 0 aromatic heterocycles. The van der Waals surface area contributed by atoms with E-state index in [2.05, 4.69) is 26.6 Å². The molecule has 0 aliphatic heterocycles. The minimum absolute atomic E-state index is 0.187. The molecule has 11 heteroatoms. The molecule has 4 amide bonds. The molecule has 0 saturated heterocycles. The maximum absolute atomic E-state index is 13.2. The Morgan fingerprint density at radius 1 is 0.829 bits per heavy atom. The van der Waals surface area contributed by atoms with E-state index < -0.39 is 35.7 Å². The maximum Gasteiger partial charge on any atom is 0.251 e. The van der Waals surface area contributed by atoms with Crippen LogP contribution in [0.1, 0.15) is 37.0 Å². The van der Waals surface area contributed by atoms with Crippen LogP contribution in [0, 0.1) is 11.3 Å². The molecule has 0 unspecified atom stereocenters. The number of nitrogens with one attached hydrogen (secondary N) is 6. The number of benzene rings is 3. The fourth-order valence-corrected chi connectivity index (χ4v) is 4.17. The average molecular weight is 560 g/mol. The lowest BCUT2D eigenvalue weighted by Crippen LogP contribution is -2.53. The molecule has 2 atom stereocenters. The van der Waals surface area contributed by atoms with Gasteiger partial charge in [0.05, 0.1) is 6.54 Å². The lowest BCUT2D eigenvalue weighted by Gasteiger charge is -2.22. The van der Waals surface area contributed by atoms with Crippen LogP contribution in [0.5, 0.6) is 0 Å². The Morgan fingerprint density at radius 3 is 2.20 bits per heavy atom. The molecule has 41 heavy (non-hydrogen) atoms. The van der Waals surface area contributed by atoms with Crippen molar-refractivity contribution in [2.45, 2.75) is 38.8 Å². The highest BCUT2D eigenvalue weighted by molar-refractivity contribution is 6.00. The van der Waals surface area contributed by atoms with Crippen LogP contribution in [0.4, 0.5) is 5.69 Å². The van der Waals surface area contributed by atoms with Gasteiger partial charge < -0.3 is 32.3 Å². The van der Waals surface area contributed by atoms with Crippen LogP contribution >= 0.6 is 0 Å². The molecular weight excluding hydrogens is 522 g/mol. The van der Waals surface area contributed by atoms with Crippen LogP contribution in [-0.4, -0.2) is 54.8 Å². The number of hydrogen-bond donors (Lipinski definition) is 7. The van der Waals surface area contributed by atoms with Gasteiger partial charge in [-0.2, -0.15) is 0 Å². The number of carbonyl (C=O) groups excluding carboxylic acids is 4. The molecule has 3 rings (SSSR count). The van der Waals surface area contributed by atoms with Crippen molar-refractivity contribution in [3.8, 4) is 0 Å². The van der Waals surface area contributed by atoms with Crippen molar-refractivity contribution in [3.05, 3.63) is 78.4 Å². The van der Waals surface area contributed by atoms with E-state index in [9.17, 15) is 19.2 Å². The summed E-state index contributed by atoms with van der Waals surface area (Å²) < 4.78 is 0. The van der Waals surface area contributed by atoms with Crippen LogP contribution in [0.3, 0.4) is 0 Å². The molecule has 0 aliphatic rings. The molecule has 0 radical (unpaired) electrons. The van der Waals surface area contributed by atoms with Crippen LogP contribution in [0.2, 0.25) is 0 Å². The monoisotopic (exact) mass is 559 g/mol. The van der Waals surface area contributed by atoms with Crippen molar-refractivity contribution in [2.24, 2.45) is 11.7 Å². The number of nitrogens with two attached hydrogens (primary N) is 1. The molecule has 8 N–H and O–H groups in total. The third-order valence-electron chi connectivity index (χ3n) is 6.35. The first-order valence-electron chi connectivity index (χ1n) is 13.4. The number of anilines is 1. The summed E-state index contributed by atoms with van der Waals surface area (Å²) in [4.78, 5) is 51.4. The number of fused-ring (bicyclic) bond motifs is 1. The Bertz CT molecular complexity index is 1380. The van der Waals surface area contributed by atoms with Gasteiger partial charge in [-0.1, -0.05) is 62.4 Å². The fraction of sp³-hybridized carbons (Fsp3) is 0.300. The zero-order chi connectivity index (χ0) is 29.8. The SMILES string of the molecule is CC(C)[C@H](NC(=O)c1ccccc1)C(=O)NCC(=O)N[C@@H](CCCNC(=N)N)C(=O)Nc1ccc2ccccc2c1. The first kappa shape index (κ1) is 30.6. The first-order valence-corrected chi connectivity index (χ1v) is 13.4. The molecule has 216 valence electrons. The van der Waals surface area contributed by atoms with E-state index in [1.807, 2.05) is 36.4 Å². The van der Waals surface area contributed by atoms with Crippen molar-refractivity contribution in [1.29, 1.82) is 5.41 Å². The van der Waals surface area contributed by atoms with E-state index in [1.165, 1.54) is 0 Å². The number of carbonyl (C=O) groups is 4. The molecule has 0 spiro atoms. The van der Waals surface area contributed by atoms with E-state index in [0.717, 1.165) is 10.8 Å². The van der Waals surface area contributed by atoms with Crippen LogP contribution in [0.15, 0.2) is 72.8 Å². The molecule has 3 aromatic rings. The highest BCUT2D eigenvalue weighted by Gasteiger charge is 2.26. The zero-order valence-electron chi connectivity index (χ0n) is 23.2. The van der Waals surface area contributed by atoms with Gasteiger partial charge in [-0.25, -0.2) is 0 Å². The Balaban J connectivity index is 1.60. The van der Waals surface area contributed by atoms with Gasteiger partial charge in [0.25, 0.3) is 5.91 Å². The second-order valence-corrected chi connectivity index (χ2v) is 9.93. The van der Waals surface area contributed by atoms with Crippen molar-refractivity contribution >= 4 is 46.0 Å². The van der Waals surface area contributed by atoms with Gasteiger partial charge in [-0.3, -0.25) is 24.6 Å². The van der Waals surface area contributed by atoms with Crippen LogP contribution < -0.4 is 32.3 Å². The lowest BCUT2D eigenvalue weighted by atomic mass is 10.0. The van der Waals surface area contributed by atoms with Gasteiger partial charge in [0.2, 0.25) is 17.7 Å². The predicted molar refractivity (Wildman–Crippen MR) is 159 cm³/mol. The summed E-state index contributed by atoms with van der Waals surface area (Å²) in [6.45, 7) is 3.54. The lowest BCUT2D eigenvalue weighted by molar-refractivity contribution is -0.129. The number of rotatable bonds is 13. The molecule has 0 bridgehead atoms. The van der Waals surface area contributed by atoms with E-state index >= 15 is 0 Å². The zero-order valence-corrected chi connectivity index (χ0v) is 23.2. The highest BCUT2D eigenvalue weighted by atomic mass is 16.2. The van der Waals surface area contributed by atoms with Gasteiger partial charge in [-0.05, 0) is 53.8 Å². The minimum Gasteiger partial charge on any atom is -0.370 e. The quantitative estimate of drug-likeness (QED) is 0.0957. The van der Waals surface area contributed by atoms with Gasteiger partial charge >= 0.3 is 0 Å². The van der Waals surface area contributed by atoms with E-state index in [-0.39, 0.29) is 24.8 Å². The predicted octanol–water partition coefficient (Wildman–Crippen LogP) is 2.10. The van der Waals surface area contributed by atoms with E-state index in [1.54, 1.807) is 50.2 Å². The topological polar surface area (TPSA) is 178 Å². The fourth-order valence-electron chi connectivity index (χ4n) is 4.17. The number of hydrogen-bond acceptors (Lipinski definition) is 5. The Hall–Kier alpha value is -4.93. The van der Waals surface area contributed by atoms with Gasteiger partial charge in [-0.15, -0.1) is 0 Å². The normalized spacial score (nSPS) is 12.2. The summed E-state index contributed by atoms with van der Waals surface area (Å²) in [7, 11) is 0. The van der Waals surface area contributed by atoms with Gasteiger partial charge in [0.1, 0.15) is 12.1 Å². The maximum atomic E-state index is 13.2. The van der Waals surface area contributed by atoms with Gasteiger partial charge in [0.15, 0.2) is 5.96 Å². The number of guanidine groups is 1. The molecule has 3 aromatic carbocycles. The molecule has 11 nitrogen and oxygen atoms in total. The summed E-state index contributed by atoms with van der Waals surface area (Å²) in [5, 5.41) is 22.8. The van der Waals surface area contributed by atoms with Crippen molar-refractivity contribution in [1.82, 2.24) is 21.3 Å². The standard InChI is InChI=1S/C30H37N7O4/c1-19(2)26(37-27(39)21-10-4-3-5-11-21)29(41)34-18-25(38)36-24(13-8-16-33-30(31)32)28(40)35-23-15-14-20-9-6-7-12-22(20)17-23/h3-7,9-12,14-15,17,19,24,26H,8,13,16,18H2,1-2H3,(H,34,41)(H,35,40)(H,36,38)(H,37,39)(H4,31,32,33)/t24-,26-/m0/s1. The minimum atomic E-state index is -0.904. The van der Waals surface area contributed by atoms with E-state index in [0.29, 0.717) is 24.2 Å². The summed E-state index contributed by atoms with van der Waals surface area (Å²) >= 11 is 0. The summed E-state index contributed by atoms with van der Waals surface area (Å²) in [6.07, 6.45) is 0.712. The largest absolute Gasteiger partial charge is 0.370 e. The molecule has 0 heterocycles. The highest BCUT2D eigenvalue weighted by Crippen LogP contribution is 2.19. The smallest absolute Gasteiger partial charge is 0.251 e. The molecule has 0 saturated carbocycles. The Kier molecular flexibility index (Phi) is 11.2. The van der Waals surface area contributed by atoms with Crippen molar-refractivity contribution in [2.75, 3.05) is 18.4 Å². The van der Waals surface area contributed by atoms with Crippen molar-refractivity contribution < 1.29 is 19.2 Å². The Morgan fingerprint density at radius 2 is 1.51 bits per heavy atom. The molecule has 0 fully saturated rings. The van der Waals surface area contributed by atoms with Crippen LogP contribution in [-0.2, 0) is 14.4 Å². The molecule has 0 aliphatic carbocycles. The summed E-state index contributed by atoms with van der Waals surface area (Å²) in [5.74, 6) is -2.31. The second-order valence-electron chi connectivity index (χ2n) is 9.93. The first-order chi connectivity index (χ1) is 19.6. The van der Waals surface area contributed by atoms with Crippen LogP contribution in [0.25, 0.3) is 10.8 Å².